The van der Waals surface area contributed by atoms with E-state index in [0.29, 0.717) is 6.04 Å². The third-order valence-electron chi connectivity index (χ3n) is 6.11. The summed E-state index contributed by atoms with van der Waals surface area (Å²) in [5, 5.41) is 3.54. The molecule has 0 saturated carbocycles. The Morgan fingerprint density at radius 1 is 1.04 bits per heavy atom. The SMILES string of the molecule is CCCN1CCC(CN=C(NCC)N2CCC(N3CCOCC3)C2)CC1. The first-order valence-electron chi connectivity index (χ1n) is 10.9. The molecule has 0 radical (unpaired) electrons. The van der Waals surface area contributed by atoms with E-state index in [2.05, 4.69) is 33.9 Å². The van der Waals surface area contributed by atoms with E-state index in [9.17, 15) is 0 Å². The first-order chi connectivity index (χ1) is 12.8. The molecular weight excluding hydrogens is 326 g/mol. The lowest BCUT2D eigenvalue weighted by atomic mass is 9.97. The maximum atomic E-state index is 5.51. The molecule has 3 fully saturated rings. The lowest BCUT2D eigenvalue weighted by Crippen LogP contribution is -2.46. The van der Waals surface area contributed by atoms with E-state index in [1.807, 2.05) is 0 Å². The number of likely N-dealkylation sites (tertiary alicyclic amines) is 2. The third-order valence-corrected chi connectivity index (χ3v) is 6.11. The number of morpholine rings is 1. The van der Waals surface area contributed by atoms with Crippen molar-refractivity contribution in [3.63, 3.8) is 0 Å². The number of hydrogen-bond acceptors (Lipinski definition) is 4. The predicted octanol–water partition coefficient (Wildman–Crippen LogP) is 1.48. The van der Waals surface area contributed by atoms with E-state index in [1.165, 1.54) is 45.3 Å². The van der Waals surface area contributed by atoms with Crippen LogP contribution in [0.2, 0.25) is 0 Å². The van der Waals surface area contributed by atoms with Crippen molar-refractivity contribution in [2.45, 2.75) is 45.6 Å². The minimum absolute atomic E-state index is 0.667. The summed E-state index contributed by atoms with van der Waals surface area (Å²) < 4.78 is 5.51. The van der Waals surface area contributed by atoms with Gasteiger partial charge in [-0.1, -0.05) is 6.92 Å². The maximum absolute atomic E-state index is 5.51. The van der Waals surface area contributed by atoms with Gasteiger partial charge in [0.1, 0.15) is 0 Å². The van der Waals surface area contributed by atoms with Crippen LogP contribution in [0.3, 0.4) is 0 Å². The van der Waals surface area contributed by atoms with Gasteiger partial charge in [0.05, 0.1) is 13.2 Å². The van der Waals surface area contributed by atoms with Crippen LogP contribution >= 0.6 is 0 Å². The average Bonchev–Trinajstić information content (AvgIpc) is 3.17. The Kier molecular flexibility index (Phi) is 8.02. The highest BCUT2D eigenvalue weighted by Crippen LogP contribution is 2.19. The number of piperidine rings is 1. The molecule has 3 heterocycles. The van der Waals surface area contributed by atoms with Crippen LogP contribution in [0, 0.1) is 5.92 Å². The van der Waals surface area contributed by atoms with Crippen molar-refractivity contribution in [1.82, 2.24) is 20.0 Å². The molecule has 0 bridgehead atoms. The minimum Gasteiger partial charge on any atom is -0.379 e. The largest absolute Gasteiger partial charge is 0.379 e. The van der Waals surface area contributed by atoms with Crippen LogP contribution < -0.4 is 5.32 Å². The van der Waals surface area contributed by atoms with Crippen molar-refractivity contribution in [2.24, 2.45) is 10.9 Å². The number of hydrogen-bond donors (Lipinski definition) is 1. The molecule has 0 aliphatic carbocycles. The van der Waals surface area contributed by atoms with Gasteiger partial charge in [0.2, 0.25) is 0 Å². The second kappa shape index (κ2) is 10.5. The zero-order valence-electron chi connectivity index (χ0n) is 17.0. The molecule has 3 saturated heterocycles. The van der Waals surface area contributed by atoms with E-state index in [4.69, 9.17) is 9.73 Å². The Morgan fingerprint density at radius 2 is 1.81 bits per heavy atom. The fourth-order valence-corrected chi connectivity index (χ4v) is 4.53. The predicted molar refractivity (Wildman–Crippen MR) is 108 cm³/mol. The topological polar surface area (TPSA) is 43.3 Å². The standard InChI is InChI=1S/C20H39N5O/c1-3-8-23-9-5-18(6-10-23)16-22-20(21-4-2)25-11-7-19(17-25)24-12-14-26-15-13-24/h18-19H,3-17H2,1-2H3,(H,21,22). The molecule has 0 aromatic carbocycles. The van der Waals surface area contributed by atoms with Crippen LogP contribution in [-0.2, 0) is 4.74 Å². The van der Waals surface area contributed by atoms with Gasteiger partial charge in [0, 0.05) is 45.3 Å². The zero-order valence-corrected chi connectivity index (χ0v) is 17.0. The van der Waals surface area contributed by atoms with Crippen LogP contribution in [0.1, 0.15) is 39.5 Å². The molecule has 0 amide bonds. The van der Waals surface area contributed by atoms with Gasteiger partial charge in [0.15, 0.2) is 5.96 Å². The molecule has 150 valence electrons. The number of ether oxygens (including phenoxy) is 1. The summed E-state index contributed by atoms with van der Waals surface area (Å²) in [4.78, 5) is 12.7. The van der Waals surface area contributed by atoms with E-state index in [0.717, 1.165) is 64.4 Å². The smallest absolute Gasteiger partial charge is 0.193 e. The monoisotopic (exact) mass is 365 g/mol. The second-order valence-electron chi connectivity index (χ2n) is 8.02. The third kappa shape index (κ3) is 5.57. The highest BCUT2D eigenvalue weighted by atomic mass is 16.5. The number of aliphatic imine (C=N–C) groups is 1. The normalized spacial score (nSPS) is 27.2. The number of rotatable bonds is 6. The molecule has 1 atom stereocenters. The molecule has 0 aromatic rings. The van der Waals surface area contributed by atoms with Gasteiger partial charge >= 0.3 is 0 Å². The van der Waals surface area contributed by atoms with Crippen LogP contribution in [0.4, 0.5) is 0 Å². The summed E-state index contributed by atoms with van der Waals surface area (Å²) in [6, 6.07) is 0.667. The fourth-order valence-electron chi connectivity index (χ4n) is 4.53. The van der Waals surface area contributed by atoms with Crippen molar-refractivity contribution in [2.75, 3.05) is 72.1 Å². The summed E-state index contributed by atoms with van der Waals surface area (Å²) in [5.41, 5.74) is 0. The summed E-state index contributed by atoms with van der Waals surface area (Å²) in [5.74, 6) is 1.90. The number of nitrogens with one attached hydrogen (secondary N) is 1. The molecular formula is C20H39N5O. The van der Waals surface area contributed by atoms with Crippen LogP contribution in [-0.4, -0.2) is 98.8 Å². The Labute approximate surface area is 159 Å². The molecule has 1 unspecified atom stereocenters. The molecule has 3 aliphatic heterocycles. The van der Waals surface area contributed by atoms with Gasteiger partial charge < -0.3 is 19.9 Å². The van der Waals surface area contributed by atoms with Gasteiger partial charge in [-0.25, -0.2) is 0 Å². The Balaban J connectivity index is 1.48. The molecule has 3 rings (SSSR count). The van der Waals surface area contributed by atoms with Crippen molar-refractivity contribution in [1.29, 1.82) is 0 Å². The summed E-state index contributed by atoms with van der Waals surface area (Å²) >= 11 is 0. The summed E-state index contributed by atoms with van der Waals surface area (Å²) in [6.45, 7) is 16.4. The highest BCUT2D eigenvalue weighted by Gasteiger charge is 2.30. The zero-order chi connectivity index (χ0) is 18.2. The van der Waals surface area contributed by atoms with Crippen LogP contribution in [0.5, 0.6) is 0 Å². The van der Waals surface area contributed by atoms with E-state index >= 15 is 0 Å². The van der Waals surface area contributed by atoms with Gasteiger partial charge in [-0.3, -0.25) is 9.89 Å². The number of nitrogens with zero attached hydrogens (tertiary/aromatic N) is 4. The van der Waals surface area contributed by atoms with E-state index in [1.54, 1.807) is 0 Å². The minimum atomic E-state index is 0.667. The maximum Gasteiger partial charge on any atom is 0.193 e. The Morgan fingerprint density at radius 3 is 2.50 bits per heavy atom. The second-order valence-corrected chi connectivity index (χ2v) is 8.02. The summed E-state index contributed by atoms with van der Waals surface area (Å²) in [6.07, 6.45) is 5.13. The van der Waals surface area contributed by atoms with Crippen LogP contribution in [0.15, 0.2) is 4.99 Å². The Hall–Kier alpha value is -0.850. The highest BCUT2D eigenvalue weighted by molar-refractivity contribution is 5.80. The first-order valence-corrected chi connectivity index (χ1v) is 10.9. The Bertz CT molecular complexity index is 430. The van der Waals surface area contributed by atoms with E-state index in [-0.39, 0.29) is 0 Å². The molecule has 6 nitrogen and oxygen atoms in total. The number of guanidine groups is 1. The van der Waals surface area contributed by atoms with Crippen molar-refractivity contribution in [3.8, 4) is 0 Å². The van der Waals surface area contributed by atoms with Gasteiger partial charge in [-0.2, -0.15) is 0 Å². The average molecular weight is 366 g/mol. The first kappa shape index (κ1) is 19.9. The van der Waals surface area contributed by atoms with Gasteiger partial charge in [0.25, 0.3) is 0 Å². The van der Waals surface area contributed by atoms with Crippen molar-refractivity contribution >= 4 is 5.96 Å². The lowest BCUT2D eigenvalue weighted by Gasteiger charge is -2.32. The van der Waals surface area contributed by atoms with Crippen LogP contribution in [0.25, 0.3) is 0 Å². The van der Waals surface area contributed by atoms with E-state index < -0.39 is 0 Å². The van der Waals surface area contributed by atoms with Crippen molar-refractivity contribution in [3.05, 3.63) is 0 Å². The fraction of sp³-hybridized carbons (Fsp3) is 0.950. The molecule has 6 heteroatoms. The van der Waals surface area contributed by atoms with Crippen molar-refractivity contribution < 1.29 is 4.74 Å². The molecule has 3 aliphatic rings. The molecule has 1 N–H and O–H groups in total. The lowest BCUT2D eigenvalue weighted by molar-refractivity contribution is 0.0195. The molecule has 0 aromatic heterocycles. The van der Waals surface area contributed by atoms with Gasteiger partial charge in [-0.05, 0) is 58.2 Å². The molecule has 26 heavy (non-hydrogen) atoms. The summed E-state index contributed by atoms with van der Waals surface area (Å²) in [7, 11) is 0. The van der Waals surface area contributed by atoms with Gasteiger partial charge in [-0.15, -0.1) is 0 Å². The molecule has 0 spiro atoms. The quantitative estimate of drug-likeness (QED) is 0.571.